The molecule has 1 aromatic carbocycles. The normalized spacial score (nSPS) is 14.3. The third kappa shape index (κ3) is 8.85. The van der Waals surface area contributed by atoms with Gasteiger partial charge < -0.3 is 0 Å². The van der Waals surface area contributed by atoms with Gasteiger partial charge in [0.25, 0.3) is 0 Å². The molecule has 0 aliphatic heterocycles. The van der Waals surface area contributed by atoms with Crippen LogP contribution in [-0.2, 0) is 29.5 Å². The highest BCUT2D eigenvalue weighted by Crippen LogP contribution is 2.27. The van der Waals surface area contributed by atoms with Crippen LogP contribution in [0.2, 0.25) is 0 Å². The molecule has 0 saturated carbocycles. The molecular formula is C22H38O6S3. The standard InChI is InChI=1S/C22H38O6S3/c1-7-19(6)10-13-31(27,28)22-15-20(29(23,24)11-8-17(2)3)14-21(16-22)30(25,26)12-9-18(4)5/h14-19H,7-13H2,1-6H3. The zero-order chi connectivity index (χ0) is 24.0. The van der Waals surface area contributed by atoms with Gasteiger partial charge in [-0.3, -0.25) is 0 Å². The Morgan fingerprint density at radius 1 is 0.581 bits per heavy atom. The lowest BCUT2D eigenvalue weighted by molar-refractivity contribution is 0.532. The summed E-state index contributed by atoms with van der Waals surface area (Å²) in [5.41, 5.74) is 0. The fraction of sp³-hybridized carbons (Fsp3) is 0.727. The van der Waals surface area contributed by atoms with Gasteiger partial charge in [0.2, 0.25) is 0 Å². The zero-order valence-electron chi connectivity index (χ0n) is 19.6. The van der Waals surface area contributed by atoms with Crippen LogP contribution in [0.3, 0.4) is 0 Å². The van der Waals surface area contributed by atoms with Crippen molar-refractivity contribution in [1.82, 2.24) is 0 Å². The second-order valence-electron chi connectivity index (χ2n) is 9.26. The summed E-state index contributed by atoms with van der Waals surface area (Å²) in [5, 5.41) is 0. The highest BCUT2D eigenvalue weighted by molar-refractivity contribution is 7.93. The van der Waals surface area contributed by atoms with Crippen LogP contribution in [0, 0.1) is 17.8 Å². The van der Waals surface area contributed by atoms with Crippen LogP contribution in [0.15, 0.2) is 32.9 Å². The Balaban J connectivity index is 3.53. The van der Waals surface area contributed by atoms with Gasteiger partial charge in [-0.25, -0.2) is 25.3 Å². The van der Waals surface area contributed by atoms with Crippen molar-refractivity contribution in [2.24, 2.45) is 17.8 Å². The van der Waals surface area contributed by atoms with Crippen molar-refractivity contribution in [2.45, 2.75) is 81.9 Å². The van der Waals surface area contributed by atoms with Crippen LogP contribution >= 0.6 is 0 Å². The Kier molecular flexibility index (Phi) is 10.2. The van der Waals surface area contributed by atoms with Gasteiger partial charge in [0, 0.05) is 0 Å². The SMILES string of the molecule is CCC(C)CCS(=O)(=O)c1cc(S(=O)(=O)CCC(C)C)cc(S(=O)(=O)CCC(C)C)c1. The molecule has 180 valence electrons. The van der Waals surface area contributed by atoms with Crippen molar-refractivity contribution in [3.8, 4) is 0 Å². The lowest BCUT2D eigenvalue weighted by atomic mass is 10.1. The summed E-state index contributed by atoms with van der Waals surface area (Å²) < 4.78 is 77.4. The molecule has 31 heavy (non-hydrogen) atoms. The average molecular weight is 495 g/mol. The van der Waals surface area contributed by atoms with Crippen LogP contribution in [0.5, 0.6) is 0 Å². The topological polar surface area (TPSA) is 102 Å². The minimum absolute atomic E-state index is 0.145. The summed E-state index contributed by atoms with van der Waals surface area (Å²) >= 11 is 0. The summed E-state index contributed by atoms with van der Waals surface area (Å²) in [4.78, 5) is -0.702. The maximum absolute atomic E-state index is 13.0. The predicted octanol–water partition coefficient (Wildman–Crippen LogP) is 4.54. The highest BCUT2D eigenvalue weighted by atomic mass is 32.2. The first-order valence-corrected chi connectivity index (χ1v) is 15.9. The lowest BCUT2D eigenvalue weighted by Crippen LogP contribution is -2.16. The molecule has 0 saturated heterocycles. The van der Waals surface area contributed by atoms with Crippen molar-refractivity contribution >= 4 is 29.5 Å². The van der Waals surface area contributed by atoms with E-state index in [1.165, 1.54) is 0 Å². The van der Waals surface area contributed by atoms with Gasteiger partial charge in [0.05, 0.1) is 31.9 Å². The number of hydrogen-bond acceptors (Lipinski definition) is 6. The Morgan fingerprint density at radius 2 is 0.871 bits per heavy atom. The van der Waals surface area contributed by atoms with Gasteiger partial charge >= 0.3 is 0 Å². The zero-order valence-corrected chi connectivity index (χ0v) is 22.0. The van der Waals surface area contributed by atoms with E-state index in [0.29, 0.717) is 19.3 Å². The molecule has 0 spiro atoms. The molecule has 6 nitrogen and oxygen atoms in total. The molecule has 9 heteroatoms. The van der Waals surface area contributed by atoms with Crippen molar-refractivity contribution in [3.05, 3.63) is 18.2 Å². The number of sulfone groups is 3. The van der Waals surface area contributed by atoms with Crippen molar-refractivity contribution < 1.29 is 25.3 Å². The van der Waals surface area contributed by atoms with E-state index in [4.69, 9.17) is 0 Å². The summed E-state index contributed by atoms with van der Waals surface area (Å²) in [6.07, 6.45) is 2.07. The predicted molar refractivity (Wildman–Crippen MR) is 126 cm³/mol. The second kappa shape index (κ2) is 11.3. The monoisotopic (exact) mass is 494 g/mol. The van der Waals surface area contributed by atoms with Crippen LogP contribution in [0.25, 0.3) is 0 Å². The van der Waals surface area contributed by atoms with Crippen LogP contribution in [0.4, 0.5) is 0 Å². The van der Waals surface area contributed by atoms with E-state index < -0.39 is 29.5 Å². The first-order valence-electron chi connectivity index (χ1n) is 10.9. The Morgan fingerprint density at radius 3 is 1.13 bits per heavy atom. The van der Waals surface area contributed by atoms with Gasteiger partial charge in [-0.15, -0.1) is 0 Å². The van der Waals surface area contributed by atoms with Gasteiger partial charge in [-0.1, -0.05) is 48.0 Å². The maximum atomic E-state index is 13.0. The van der Waals surface area contributed by atoms with E-state index >= 15 is 0 Å². The highest BCUT2D eigenvalue weighted by Gasteiger charge is 2.26. The van der Waals surface area contributed by atoms with E-state index in [-0.39, 0.29) is 49.7 Å². The van der Waals surface area contributed by atoms with Crippen molar-refractivity contribution in [3.63, 3.8) is 0 Å². The third-order valence-corrected chi connectivity index (χ3v) is 10.6. The lowest BCUT2D eigenvalue weighted by Gasteiger charge is -2.14. The number of hydrogen-bond donors (Lipinski definition) is 0. The molecule has 1 atom stereocenters. The minimum atomic E-state index is -3.82. The Hall–Kier alpha value is -0.930. The largest absolute Gasteiger partial charge is 0.224 e. The Labute approximate surface area is 189 Å². The fourth-order valence-electron chi connectivity index (χ4n) is 2.78. The molecule has 0 aliphatic rings. The van der Waals surface area contributed by atoms with E-state index in [9.17, 15) is 25.3 Å². The minimum Gasteiger partial charge on any atom is -0.224 e. The number of rotatable bonds is 13. The maximum Gasteiger partial charge on any atom is 0.178 e. The quantitative estimate of drug-likeness (QED) is 0.399. The van der Waals surface area contributed by atoms with E-state index in [1.807, 2.05) is 41.5 Å². The fourth-order valence-corrected chi connectivity index (χ4v) is 7.83. The molecule has 1 aromatic rings. The van der Waals surface area contributed by atoms with Crippen LogP contribution < -0.4 is 0 Å². The molecule has 0 aromatic heterocycles. The van der Waals surface area contributed by atoms with Crippen LogP contribution in [0.1, 0.15) is 67.2 Å². The van der Waals surface area contributed by atoms with E-state index in [1.54, 1.807) is 0 Å². The van der Waals surface area contributed by atoms with Gasteiger partial charge in [-0.2, -0.15) is 0 Å². The molecule has 0 radical (unpaired) electrons. The molecule has 1 rings (SSSR count). The van der Waals surface area contributed by atoms with Gasteiger partial charge in [0.1, 0.15) is 0 Å². The van der Waals surface area contributed by atoms with E-state index in [0.717, 1.165) is 24.6 Å². The molecule has 0 aliphatic carbocycles. The third-order valence-electron chi connectivity index (χ3n) is 5.44. The molecule has 0 heterocycles. The smallest absolute Gasteiger partial charge is 0.178 e. The van der Waals surface area contributed by atoms with Crippen LogP contribution in [-0.4, -0.2) is 42.5 Å². The molecule has 0 amide bonds. The molecular weight excluding hydrogens is 456 g/mol. The summed E-state index contributed by atoms with van der Waals surface area (Å²) in [6, 6.07) is 3.38. The number of benzene rings is 1. The second-order valence-corrected chi connectivity index (χ2v) is 15.6. The molecule has 0 fully saturated rings. The first kappa shape index (κ1) is 28.1. The Bertz CT molecular complexity index is 976. The summed E-state index contributed by atoms with van der Waals surface area (Å²) in [6.45, 7) is 11.5. The average Bonchev–Trinajstić information content (AvgIpc) is 2.68. The van der Waals surface area contributed by atoms with E-state index in [2.05, 4.69) is 0 Å². The first-order chi connectivity index (χ1) is 14.1. The molecule has 0 bridgehead atoms. The summed E-state index contributed by atoms with van der Waals surface area (Å²) in [7, 11) is -11.5. The van der Waals surface area contributed by atoms with Gasteiger partial charge in [0.15, 0.2) is 29.5 Å². The summed E-state index contributed by atoms with van der Waals surface area (Å²) in [5.74, 6) is 0.0158. The molecule has 0 N–H and O–H groups in total. The van der Waals surface area contributed by atoms with Crippen molar-refractivity contribution in [1.29, 1.82) is 0 Å². The molecule has 1 unspecified atom stereocenters. The van der Waals surface area contributed by atoms with Gasteiger partial charge in [-0.05, 0) is 55.2 Å². The van der Waals surface area contributed by atoms with Crippen molar-refractivity contribution in [2.75, 3.05) is 17.3 Å².